The predicted octanol–water partition coefficient (Wildman–Crippen LogP) is 1.59. The number of carboxylic acid groups (broad SMARTS) is 1. The molecule has 1 atom stereocenters. The number of benzene rings is 1. The summed E-state index contributed by atoms with van der Waals surface area (Å²) in [6.07, 6.45) is 0.366. The number of nitrogens with one attached hydrogen (secondary N) is 1. The zero-order chi connectivity index (χ0) is 15.6. The molecule has 1 aromatic carbocycles. The smallest absolute Gasteiger partial charge is 0.330 e. The minimum absolute atomic E-state index is 0.0732. The first-order valence-electron chi connectivity index (χ1n) is 6.24. The summed E-state index contributed by atoms with van der Waals surface area (Å²) >= 11 is 1.47. The van der Waals surface area contributed by atoms with Crippen LogP contribution in [-0.2, 0) is 4.79 Å². The van der Waals surface area contributed by atoms with Crippen molar-refractivity contribution in [3.05, 3.63) is 39.4 Å². The third-order valence-electron chi connectivity index (χ3n) is 3.44. The van der Waals surface area contributed by atoms with Gasteiger partial charge >= 0.3 is 5.97 Å². The van der Waals surface area contributed by atoms with Crippen LogP contribution in [0.5, 0.6) is 0 Å². The number of carbonyl (C=O) groups excluding carboxylic acids is 1. The number of carbonyl (C=O) groups is 2. The molecule has 0 aliphatic carbocycles. The summed E-state index contributed by atoms with van der Waals surface area (Å²) in [7, 11) is 0. The Bertz CT molecular complexity index is 611. The molecule has 0 spiro atoms. The second-order valence-corrected chi connectivity index (χ2v) is 6.01. The van der Waals surface area contributed by atoms with Crippen molar-refractivity contribution in [2.45, 2.75) is 18.9 Å². The molecule has 1 unspecified atom stereocenters. The van der Waals surface area contributed by atoms with Crippen LogP contribution in [0.15, 0.2) is 18.2 Å². The molecule has 0 saturated carbocycles. The van der Waals surface area contributed by atoms with E-state index in [0.717, 1.165) is 0 Å². The molecule has 8 heteroatoms. The van der Waals surface area contributed by atoms with Crippen LogP contribution in [0.25, 0.3) is 0 Å². The topological polar surface area (TPSA) is 110 Å². The average molecular weight is 310 g/mol. The lowest BCUT2D eigenvalue weighted by Gasteiger charge is -2.24. The van der Waals surface area contributed by atoms with Crippen molar-refractivity contribution in [3.8, 4) is 0 Å². The van der Waals surface area contributed by atoms with Gasteiger partial charge in [0.15, 0.2) is 0 Å². The highest BCUT2D eigenvalue weighted by Gasteiger charge is 2.43. The molecule has 1 aliphatic rings. The summed E-state index contributed by atoms with van der Waals surface area (Å²) in [5, 5.41) is 22.6. The Morgan fingerprint density at radius 1 is 1.48 bits per heavy atom. The van der Waals surface area contributed by atoms with Gasteiger partial charge in [-0.3, -0.25) is 14.9 Å². The van der Waals surface area contributed by atoms with Gasteiger partial charge in [0.25, 0.3) is 11.6 Å². The predicted molar refractivity (Wildman–Crippen MR) is 77.6 cm³/mol. The fraction of sp³-hybridized carbons (Fsp3) is 0.385. The molecule has 7 nitrogen and oxygen atoms in total. The van der Waals surface area contributed by atoms with Crippen LogP contribution >= 0.6 is 11.8 Å². The van der Waals surface area contributed by atoms with Crippen molar-refractivity contribution in [3.63, 3.8) is 0 Å². The molecule has 112 valence electrons. The van der Waals surface area contributed by atoms with Crippen LogP contribution in [0, 0.1) is 17.0 Å². The van der Waals surface area contributed by atoms with E-state index in [9.17, 15) is 24.8 Å². The zero-order valence-corrected chi connectivity index (χ0v) is 12.1. The van der Waals surface area contributed by atoms with Crippen LogP contribution in [0.1, 0.15) is 22.3 Å². The maximum absolute atomic E-state index is 12.2. The Morgan fingerprint density at radius 3 is 2.67 bits per heavy atom. The molecule has 0 aromatic heterocycles. The van der Waals surface area contributed by atoms with Crippen molar-refractivity contribution in [1.29, 1.82) is 0 Å². The Balaban J connectivity index is 2.22. The van der Waals surface area contributed by atoms with Gasteiger partial charge in [0.2, 0.25) is 0 Å². The van der Waals surface area contributed by atoms with Gasteiger partial charge in [-0.2, -0.15) is 11.8 Å². The fourth-order valence-electron chi connectivity index (χ4n) is 2.18. The third kappa shape index (κ3) is 2.99. The van der Waals surface area contributed by atoms with Gasteiger partial charge < -0.3 is 10.4 Å². The van der Waals surface area contributed by atoms with Gasteiger partial charge in [-0.05, 0) is 31.2 Å². The Kier molecular flexibility index (Phi) is 4.17. The van der Waals surface area contributed by atoms with E-state index in [1.165, 1.54) is 36.9 Å². The van der Waals surface area contributed by atoms with Crippen molar-refractivity contribution in [2.75, 3.05) is 11.5 Å². The minimum Gasteiger partial charge on any atom is -0.479 e. The van der Waals surface area contributed by atoms with Gasteiger partial charge in [0, 0.05) is 22.9 Å². The van der Waals surface area contributed by atoms with Crippen molar-refractivity contribution >= 4 is 29.3 Å². The first-order chi connectivity index (χ1) is 9.85. The van der Waals surface area contributed by atoms with Gasteiger partial charge in [-0.25, -0.2) is 4.79 Å². The number of carboxylic acids is 1. The molecular weight excluding hydrogens is 296 g/mol. The molecule has 1 aromatic rings. The summed E-state index contributed by atoms with van der Waals surface area (Å²) in [6.45, 7) is 1.54. The molecule has 1 amide bonds. The summed E-state index contributed by atoms with van der Waals surface area (Å²) in [5.74, 6) is -0.594. The molecule has 2 N–H and O–H groups in total. The normalized spacial score (nSPS) is 21.0. The lowest BCUT2D eigenvalue weighted by Crippen LogP contribution is -2.54. The maximum atomic E-state index is 12.2. The highest BCUT2D eigenvalue weighted by molar-refractivity contribution is 7.99. The summed E-state index contributed by atoms with van der Waals surface area (Å²) in [4.78, 5) is 33.8. The van der Waals surface area contributed by atoms with Crippen LogP contribution in [-0.4, -0.2) is 39.0 Å². The van der Waals surface area contributed by atoms with E-state index in [1.807, 2.05) is 0 Å². The molecule has 0 bridgehead atoms. The second kappa shape index (κ2) is 5.72. The van der Waals surface area contributed by atoms with E-state index in [0.29, 0.717) is 23.5 Å². The second-order valence-electron chi connectivity index (χ2n) is 4.90. The van der Waals surface area contributed by atoms with E-state index in [2.05, 4.69) is 5.32 Å². The standard InChI is InChI=1S/C13H14N2O5S/c1-8-6-9(2-3-10(8)15(19)20)11(16)14-13(12(17)18)4-5-21-7-13/h2-3,6H,4-5,7H2,1H3,(H,14,16)(H,17,18). The lowest BCUT2D eigenvalue weighted by molar-refractivity contribution is -0.385. The number of thioether (sulfide) groups is 1. The highest BCUT2D eigenvalue weighted by atomic mass is 32.2. The van der Waals surface area contributed by atoms with E-state index < -0.39 is 22.3 Å². The number of aryl methyl sites for hydroxylation is 1. The van der Waals surface area contributed by atoms with E-state index in [1.54, 1.807) is 0 Å². The SMILES string of the molecule is Cc1cc(C(=O)NC2(C(=O)O)CCSC2)ccc1[N+](=O)[O-]. The number of rotatable bonds is 4. The number of amides is 1. The quantitative estimate of drug-likeness (QED) is 0.645. The van der Waals surface area contributed by atoms with Crippen molar-refractivity contribution in [2.24, 2.45) is 0 Å². The molecule has 21 heavy (non-hydrogen) atoms. The zero-order valence-electron chi connectivity index (χ0n) is 11.3. The molecule has 2 rings (SSSR count). The van der Waals surface area contributed by atoms with E-state index >= 15 is 0 Å². The van der Waals surface area contributed by atoms with Gasteiger partial charge in [-0.15, -0.1) is 0 Å². The Hall–Kier alpha value is -2.09. The first kappa shape index (κ1) is 15.3. The number of nitrogens with zero attached hydrogens (tertiary/aromatic N) is 1. The number of aliphatic carboxylic acids is 1. The molecule has 1 heterocycles. The number of hydrogen-bond acceptors (Lipinski definition) is 5. The third-order valence-corrected chi connectivity index (χ3v) is 4.63. The van der Waals surface area contributed by atoms with Crippen molar-refractivity contribution < 1.29 is 19.6 Å². The van der Waals surface area contributed by atoms with Crippen LogP contribution < -0.4 is 5.32 Å². The van der Waals surface area contributed by atoms with Crippen LogP contribution in [0.4, 0.5) is 5.69 Å². The average Bonchev–Trinajstić information content (AvgIpc) is 2.88. The lowest BCUT2D eigenvalue weighted by atomic mass is 9.98. The summed E-state index contributed by atoms with van der Waals surface area (Å²) < 4.78 is 0. The summed E-state index contributed by atoms with van der Waals surface area (Å²) in [6, 6.07) is 3.98. The summed E-state index contributed by atoms with van der Waals surface area (Å²) in [5.41, 5.74) is -0.749. The fourth-order valence-corrected chi connectivity index (χ4v) is 3.50. The number of nitro benzene ring substituents is 1. The Morgan fingerprint density at radius 2 is 2.19 bits per heavy atom. The van der Waals surface area contributed by atoms with Gasteiger partial charge in [0.1, 0.15) is 5.54 Å². The van der Waals surface area contributed by atoms with Crippen LogP contribution in [0.2, 0.25) is 0 Å². The number of nitro groups is 1. The number of hydrogen-bond donors (Lipinski definition) is 2. The van der Waals surface area contributed by atoms with Crippen LogP contribution in [0.3, 0.4) is 0 Å². The molecule has 1 fully saturated rings. The largest absolute Gasteiger partial charge is 0.479 e. The molecule has 0 radical (unpaired) electrons. The maximum Gasteiger partial charge on any atom is 0.330 e. The molecular formula is C13H14N2O5S. The van der Waals surface area contributed by atoms with Gasteiger partial charge in [-0.1, -0.05) is 0 Å². The first-order valence-corrected chi connectivity index (χ1v) is 7.40. The minimum atomic E-state index is -1.25. The highest BCUT2D eigenvalue weighted by Crippen LogP contribution is 2.29. The van der Waals surface area contributed by atoms with Crippen molar-refractivity contribution in [1.82, 2.24) is 5.32 Å². The Labute approximate surface area is 124 Å². The van der Waals surface area contributed by atoms with E-state index in [4.69, 9.17) is 0 Å². The van der Waals surface area contributed by atoms with E-state index in [-0.39, 0.29) is 11.3 Å². The van der Waals surface area contributed by atoms with Gasteiger partial charge in [0.05, 0.1) is 4.92 Å². The molecule has 1 aliphatic heterocycles. The molecule has 1 saturated heterocycles. The monoisotopic (exact) mass is 310 g/mol.